The lowest BCUT2D eigenvalue weighted by Crippen LogP contribution is -2.53. The largest absolute Gasteiger partial charge is 0.339 e. The van der Waals surface area contributed by atoms with Crippen molar-refractivity contribution in [1.29, 1.82) is 0 Å². The van der Waals surface area contributed by atoms with Gasteiger partial charge in [0.1, 0.15) is 0 Å². The lowest BCUT2D eigenvalue weighted by Gasteiger charge is -2.34. The van der Waals surface area contributed by atoms with Gasteiger partial charge in [0, 0.05) is 37.7 Å². The van der Waals surface area contributed by atoms with Crippen LogP contribution in [0.4, 0.5) is 4.79 Å². The van der Waals surface area contributed by atoms with Crippen molar-refractivity contribution in [1.82, 2.24) is 15.1 Å². The summed E-state index contributed by atoms with van der Waals surface area (Å²) in [5, 5.41) is 3.65. The molecule has 148 valence electrons. The first kappa shape index (κ1) is 20.2. The maximum absolute atomic E-state index is 12.5. The summed E-state index contributed by atoms with van der Waals surface area (Å²) >= 11 is 5.98. The van der Waals surface area contributed by atoms with Gasteiger partial charge in [0.25, 0.3) is 0 Å². The second-order valence-electron chi connectivity index (χ2n) is 7.14. The number of nitrogens with zero attached hydrogens (tertiary/aromatic N) is 2. The highest BCUT2D eigenvalue weighted by Crippen LogP contribution is 2.11. The van der Waals surface area contributed by atoms with Crippen LogP contribution in [0.5, 0.6) is 0 Å². The van der Waals surface area contributed by atoms with Crippen LogP contribution >= 0.6 is 11.6 Å². The molecule has 0 aliphatic carbocycles. The Morgan fingerprint density at radius 2 is 1.64 bits per heavy atom. The topological polar surface area (TPSA) is 52.7 Å². The Balaban J connectivity index is 1.39. The highest BCUT2D eigenvalue weighted by Gasteiger charge is 2.23. The minimum absolute atomic E-state index is 0.0762. The number of carbonyl (C=O) groups is 2. The highest BCUT2D eigenvalue weighted by atomic mass is 35.5. The lowest BCUT2D eigenvalue weighted by atomic mass is 10.1. The fraction of sp³-hybridized carbons (Fsp3) is 0.364. The maximum Gasteiger partial charge on any atom is 0.317 e. The number of rotatable bonds is 5. The molecule has 0 unspecified atom stereocenters. The van der Waals surface area contributed by atoms with Crippen molar-refractivity contribution in [3.05, 3.63) is 70.2 Å². The second kappa shape index (κ2) is 9.60. The molecule has 1 N–H and O–H groups in total. The average Bonchev–Trinajstić information content (AvgIpc) is 2.70. The number of carbonyl (C=O) groups excluding carboxylic acids is 2. The number of piperazine rings is 1. The van der Waals surface area contributed by atoms with Crippen molar-refractivity contribution in [3.63, 3.8) is 0 Å². The fourth-order valence-electron chi connectivity index (χ4n) is 3.27. The molecule has 0 bridgehead atoms. The predicted octanol–water partition coefficient (Wildman–Crippen LogP) is 3.29. The Kier molecular flexibility index (Phi) is 6.93. The predicted molar refractivity (Wildman–Crippen MR) is 112 cm³/mol. The Morgan fingerprint density at radius 3 is 2.32 bits per heavy atom. The third-order valence-corrected chi connectivity index (χ3v) is 5.21. The molecule has 0 atom stereocenters. The molecule has 0 saturated carbocycles. The molecule has 1 aliphatic rings. The van der Waals surface area contributed by atoms with Gasteiger partial charge in [0.05, 0.1) is 6.42 Å². The van der Waals surface area contributed by atoms with Gasteiger partial charge < -0.3 is 15.1 Å². The van der Waals surface area contributed by atoms with Gasteiger partial charge in [0.2, 0.25) is 5.91 Å². The summed E-state index contributed by atoms with van der Waals surface area (Å²) < 4.78 is 0. The van der Waals surface area contributed by atoms with Gasteiger partial charge >= 0.3 is 6.03 Å². The van der Waals surface area contributed by atoms with Crippen LogP contribution in [-0.4, -0.2) is 54.5 Å². The standard InChI is InChI=1S/C22H26ClN3O2/c1-17-5-7-19(8-6-17)16-21(27)25-11-13-26(14-12-25)22(28)24-10-9-18-3-2-4-20(23)15-18/h2-8,15H,9-14,16H2,1H3,(H,24,28). The van der Waals surface area contributed by atoms with Crippen molar-refractivity contribution in [2.24, 2.45) is 0 Å². The van der Waals surface area contributed by atoms with E-state index < -0.39 is 0 Å². The SMILES string of the molecule is Cc1ccc(CC(=O)N2CCN(C(=O)NCCc3cccc(Cl)c3)CC2)cc1. The molecule has 6 heteroatoms. The third-order valence-electron chi connectivity index (χ3n) is 4.97. The zero-order valence-electron chi connectivity index (χ0n) is 16.2. The van der Waals surface area contributed by atoms with E-state index in [-0.39, 0.29) is 11.9 Å². The van der Waals surface area contributed by atoms with Gasteiger partial charge in [-0.3, -0.25) is 4.79 Å². The third kappa shape index (κ3) is 5.73. The smallest absolute Gasteiger partial charge is 0.317 e. The summed E-state index contributed by atoms with van der Waals surface area (Å²) in [7, 11) is 0. The first-order valence-corrected chi connectivity index (χ1v) is 9.99. The molecule has 2 aromatic rings. The molecule has 1 aliphatic heterocycles. The summed E-state index contributed by atoms with van der Waals surface area (Å²) in [5.74, 6) is 0.116. The van der Waals surface area contributed by atoms with E-state index in [9.17, 15) is 9.59 Å². The molecular weight excluding hydrogens is 374 g/mol. The van der Waals surface area contributed by atoms with E-state index in [1.807, 2.05) is 60.4 Å². The number of halogens is 1. The van der Waals surface area contributed by atoms with Crippen LogP contribution in [0.1, 0.15) is 16.7 Å². The van der Waals surface area contributed by atoms with Crippen molar-refractivity contribution in [2.75, 3.05) is 32.7 Å². The molecule has 0 aromatic heterocycles. The van der Waals surface area contributed by atoms with Gasteiger partial charge in [0.15, 0.2) is 0 Å². The van der Waals surface area contributed by atoms with Crippen LogP contribution in [0.15, 0.2) is 48.5 Å². The normalized spacial score (nSPS) is 14.1. The van der Waals surface area contributed by atoms with Gasteiger partial charge in [-0.2, -0.15) is 0 Å². The first-order valence-electron chi connectivity index (χ1n) is 9.62. The first-order chi connectivity index (χ1) is 13.5. The minimum Gasteiger partial charge on any atom is -0.339 e. The van der Waals surface area contributed by atoms with E-state index in [2.05, 4.69) is 5.32 Å². The number of urea groups is 1. The van der Waals surface area contributed by atoms with E-state index in [1.165, 1.54) is 5.56 Å². The molecule has 1 saturated heterocycles. The molecule has 3 amide bonds. The number of aryl methyl sites for hydroxylation is 1. The van der Waals surface area contributed by atoms with Crippen molar-refractivity contribution < 1.29 is 9.59 Å². The molecule has 1 heterocycles. The van der Waals surface area contributed by atoms with Crippen LogP contribution in [0.3, 0.4) is 0 Å². The number of hydrogen-bond acceptors (Lipinski definition) is 2. The average molecular weight is 400 g/mol. The molecule has 1 fully saturated rings. The van der Waals surface area contributed by atoms with Gasteiger partial charge in [-0.05, 0) is 36.6 Å². The highest BCUT2D eigenvalue weighted by molar-refractivity contribution is 6.30. The van der Waals surface area contributed by atoms with Gasteiger partial charge in [-0.15, -0.1) is 0 Å². The van der Waals surface area contributed by atoms with E-state index in [0.29, 0.717) is 44.2 Å². The summed E-state index contributed by atoms with van der Waals surface area (Å²) in [6, 6.07) is 15.6. The van der Waals surface area contributed by atoms with E-state index in [0.717, 1.165) is 17.5 Å². The molecule has 0 spiro atoms. The van der Waals surface area contributed by atoms with Crippen LogP contribution in [-0.2, 0) is 17.6 Å². The minimum atomic E-state index is -0.0762. The van der Waals surface area contributed by atoms with Crippen LogP contribution < -0.4 is 5.32 Å². The quantitative estimate of drug-likeness (QED) is 0.838. The number of amides is 3. The zero-order chi connectivity index (χ0) is 19.9. The molecule has 2 aromatic carbocycles. The van der Waals surface area contributed by atoms with Crippen molar-refractivity contribution >= 4 is 23.5 Å². The molecule has 28 heavy (non-hydrogen) atoms. The van der Waals surface area contributed by atoms with E-state index in [1.54, 1.807) is 4.90 Å². The van der Waals surface area contributed by atoms with Crippen molar-refractivity contribution in [3.8, 4) is 0 Å². The van der Waals surface area contributed by atoms with Crippen LogP contribution in [0.2, 0.25) is 5.02 Å². The summed E-state index contributed by atoms with van der Waals surface area (Å²) in [6.45, 7) is 4.86. The number of benzene rings is 2. The zero-order valence-corrected chi connectivity index (χ0v) is 16.9. The van der Waals surface area contributed by atoms with Crippen LogP contribution in [0.25, 0.3) is 0 Å². The Hall–Kier alpha value is -2.53. The van der Waals surface area contributed by atoms with Gasteiger partial charge in [-0.25, -0.2) is 4.79 Å². The monoisotopic (exact) mass is 399 g/mol. The fourth-order valence-corrected chi connectivity index (χ4v) is 3.48. The van der Waals surface area contributed by atoms with Gasteiger partial charge in [-0.1, -0.05) is 53.6 Å². The summed E-state index contributed by atoms with van der Waals surface area (Å²) in [6.07, 6.45) is 1.15. The number of nitrogens with one attached hydrogen (secondary N) is 1. The van der Waals surface area contributed by atoms with Crippen LogP contribution in [0, 0.1) is 6.92 Å². The molecule has 3 rings (SSSR count). The maximum atomic E-state index is 12.5. The van der Waals surface area contributed by atoms with Crippen molar-refractivity contribution in [2.45, 2.75) is 19.8 Å². The Morgan fingerprint density at radius 1 is 0.964 bits per heavy atom. The second-order valence-corrected chi connectivity index (χ2v) is 7.58. The Labute approximate surface area is 171 Å². The van der Waals surface area contributed by atoms with E-state index >= 15 is 0 Å². The Bertz CT molecular complexity index is 815. The van der Waals surface area contributed by atoms with E-state index in [4.69, 9.17) is 11.6 Å². The number of hydrogen-bond donors (Lipinski definition) is 1. The summed E-state index contributed by atoms with van der Waals surface area (Å²) in [5.41, 5.74) is 3.31. The summed E-state index contributed by atoms with van der Waals surface area (Å²) in [4.78, 5) is 28.4. The molecular formula is C22H26ClN3O2. The molecule has 5 nitrogen and oxygen atoms in total. The molecule has 0 radical (unpaired) electrons. The lowest BCUT2D eigenvalue weighted by molar-refractivity contribution is -0.131.